The molecule has 0 radical (unpaired) electrons. The zero-order valence-corrected chi connectivity index (χ0v) is 12.9. The molecule has 2 amide bonds. The highest BCUT2D eigenvalue weighted by molar-refractivity contribution is 5.97. The second-order valence-electron chi connectivity index (χ2n) is 5.88. The molecule has 1 aliphatic rings. The summed E-state index contributed by atoms with van der Waals surface area (Å²) in [6.07, 6.45) is 0.245. The maximum Gasteiger partial charge on any atom is 0.229 e. The number of benzene rings is 2. The molecule has 1 atom stereocenters. The number of anilines is 1. The third-order valence-electron chi connectivity index (χ3n) is 4.14. The van der Waals surface area contributed by atoms with Crippen LogP contribution in [0.4, 0.5) is 5.69 Å². The van der Waals surface area contributed by atoms with Gasteiger partial charge in [0.15, 0.2) is 0 Å². The zero-order valence-electron chi connectivity index (χ0n) is 12.9. The average Bonchev–Trinajstić information content (AvgIpc) is 3.21. The van der Waals surface area contributed by atoms with E-state index < -0.39 is 0 Å². The van der Waals surface area contributed by atoms with Gasteiger partial charge in [-0.15, -0.1) is 0 Å². The third-order valence-corrected chi connectivity index (χ3v) is 4.14. The molecule has 1 saturated heterocycles. The molecule has 4 rings (SSSR count). The average molecular weight is 320 g/mol. The van der Waals surface area contributed by atoms with Crippen LogP contribution < -0.4 is 10.6 Å². The molecular weight excluding hydrogens is 304 g/mol. The normalized spacial score (nSPS) is 17.0. The van der Waals surface area contributed by atoms with E-state index in [4.69, 9.17) is 0 Å². The summed E-state index contributed by atoms with van der Waals surface area (Å²) < 4.78 is 0. The maximum absolute atomic E-state index is 12.2. The fraction of sp³-hybridized carbons (Fsp3) is 0.167. The molecule has 1 fully saturated rings. The number of hydrogen-bond acceptors (Lipinski definition) is 3. The number of nitrogens with zero attached hydrogens (tertiary/aromatic N) is 1. The van der Waals surface area contributed by atoms with E-state index in [2.05, 4.69) is 20.6 Å². The lowest BCUT2D eigenvalue weighted by atomic mass is 10.1. The highest BCUT2D eigenvalue weighted by atomic mass is 16.2. The topological polar surface area (TPSA) is 86.9 Å². The lowest BCUT2D eigenvalue weighted by molar-refractivity contribution is -0.123. The van der Waals surface area contributed by atoms with Crippen LogP contribution in [0.15, 0.2) is 48.5 Å². The minimum atomic E-state index is -0.313. The Morgan fingerprint density at radius 1 is 1.17 bits per heavy atom. The van der Waals surface area contributed by atoms with Crippen molar-refractivity contribution in [1.82, 2.24) is 15.3 Å². The maximum atomic E-state index is 12.2. The van der Waals surface area contributed by atoms with E-state index in [0.717, 1.165) is 22.4 Å². The van der Waals surface area contributed by atoms with Crippen LogP contribution in [0.3, 0.4) is 0 Å². The number of fused-ring (bicyclic) bond motifs is 1. The molecule has 1 unspecified atom stereocenters. The van der Waals surface area contributed by atoms with Crippen LogP contribution in [0.5, 0.6) is 0 Å². The van der Waals surface area contributed by atoms with Gasteiger partial charge in [-0.1, -0.05) is 24.3 Å². The van der Waals surface area contributed by atoms with Gasteiger partial charge >= 0.3 is 0 Å². The molecule has 0 bridgehead atoms. The molecule has 24 heavy (non-hydrogen) atoms. The number of rotatable bonds is 3. The second-order valence-corrected chi connectivity index (χ2v) is 5.88. The van der Waals surface area contributed by atoms with Crippen molar-refractivity contribution in [2.24, 2.45) is 5.92 Å². The van der Waals surface area contributed by atoms with Crippen molar-refractivity contribution >= 4 is 28.5 Å². The Morgan fingerprint density at radius 2 is 2.04 bits per heavy atom. The highest BCUT2D eigenvalue weighted by Gasteiger charge is 2.27. The summed E-state index contributed by atoms with van der Waals surface area (Å²) in [7, 11) is 0. The van der Waals surface area contributed by atoms with Crippen molar-refractivity contribution in [3.63, 3.8) is 0 Å². The number of H-pyrrole nitrogens is 1. The van der Waals surface area contributed by atoms with Gasteiger partial charge in [-0.05, 0) is 24.3 Å². The first-order valence-electron chi connectivity index (χ1n) is 7.82. The minimum absolute atomic E-state index is 0.0776. The number of carbonyl (C=O) groups is 2. The summed E-state index contributed by atoms with van der Waals surface area (Å²) in [5, 5.41) is 5.55. The molecular formula is C18H16N4O2. The van der Waals surface area contributed by atoms with Crippen LogP contribution in [-0.2, 0) is 9.59 Å². The molecule has 1 aliphatic heterocycles. The number of nitrogens with one attached hydrogen (secondary N) is 3. The quantitative estimate of drug-likeness (QED) is 0.692. The van der Waals surface area contributed by atoms with Gasteiger partial charge in [0.1, 0.15) is 5.82 Å². The number of para-hydroxylation sites is 2. The molecule has 2 heterocycles. The first kappa shape index (κ1) is 14.4. The SMILES string of the molecule is O=C1CC(C(=O)Nc2cccc(-c3nc4ccccc4[nH]3)c2)CN1. The number of carbonyl (C=O) groups excluding carboxylic acids is 2. The van der Waals surface area contributed by atoms with E-state index in [9.17, 15) is 9.59 Å². The Hall–Kier alpha value is -3.15. The Balaban J connectivity index is 1.57. The van der Waals surface area contributed by atoms with Crippen molar-refractivity contribution in [1.29, 1.82) is 0 Å². The van der Waals surface area contributed by atoms with E-state index in [1.165, 1.54) is 0 Å². The lowest BCUT2D eigenvalue weighted by Gasteiger charge is -2.10. The lowest BCUT2D eigenvalue weighted by Crippen LogP contribution is -2.24. The van der Waals surface area contributed by atoms with Gasteiger partial charge in [0.25, 0.3) is 0 Å². The predicted molar refractivity (Wildman–Crippen MR) is 91.3 cm³/mol. The van der Waals surface area contributed by atoms with Crippen LogP contribution in [0.1, 0.15) is 6.42 Å². The van der Waals surface area contributed by atoms with Gasteiger partial charge in [-0.2, -0.15) is 0 Å². The van der Waals surface area contributed by atoms with Crippen LogP contribution >= 0.6 is 0 Å². The van der Waals surface area contributed by atoms with Crippen LogP contribution in [0, 0.1) is 5.92 Å². The van der Waals surface area contributed by atoms with Gasteiger partial charge in [-0.3, -0.25) is 9.59 Å². The molecule has 120 valence electrons. The van der Waals surface area contributed by atoms with Crippen LogP contribution in [-0.4, -0.2) is 28.3 Å². The standard InChI is InChI=1S/C18H16N4O2/c23-16-9-12(10-19-16)18(24)20-13-5-3-4-11(8-13)17-21-14-6-1-2-7-15(14)22-17/h1-8,12H,9-10H2,(H,19,23)(H,20,24)(H,21,22). The summed E-state index contributed by atoms with van der Waals surface area (Å²) in [5.74, 6) is 0.221. The molecule has 0 spiro atoms. The molecule has 0 aliphatic carbocycles. The van der Waals surface area contributed by atoms with Crippen LogP contribution in [0.25, 0.3) is 22.4 Å². The van der Waals surface area contributed by atoms with E-state index in [1.54, 1.807) is 0 Å². The number of aromatic amines is 1. The smallest absolute Gasteiger partial charge is 0.229 e. The minimum Gasteiger partial charge on any atom is -0.355 e. The van der Waals surface area contributed by atoms with Crippen molar-refractivity contribution in [2.75, 3.05) is 11.9 Å². The molecule has 1 aromatic heterocycles. The molecule has 2 aromatic carbocycles. The highest BCUT2D eigenvalue weighted by Crippen LogP contribution is 2.23. The van der Waals surface area contributed by atoms with Gasteiger partial charge < -0.3 is 15.6 Å². The number of aromatic nitrogens is 2. The number of hydrogen-bond donors (Lipinski definition) is 3. The molecule has 3 N–H and O–H groups in total. The van der Waals surface area contributed by atoms with Gasteiger partial charge in [-0.25, -0.2) is 4.98 Å². The summed E-state index contributed by atoms with van der Waals surface area (Å²) in [6, 6.07) is 15.3. The van der Waals surface area contributed by atoms with Crippen molar-refractivity contribution in [2.45, 2.75) is 6.42 Å². The van der Waals surface area contributed by atoms with Crippen molar-refractivity contribution in [3.8, 4) is 11.4 Å². The van der Waals surface area contributed by atoms with E-state index in [0.29, 0.717) is 12.2 Å². The molecule has 6 nitrogen and oxygen atoms in total. The molecule has 6 heteroatoms. The Bertz CT molecular complexity index is 898. The first-order valence-corrected chi connectivity index (χ1v) is 7.82. The largest absolute Gasteiger partial charge is 0.355 e. The van der Waals surface area contributed by atoms with Crippen molar-refractivity contribution in [3.05, 3.63) is 48.5 Å². The predicted octanol–water partition coefficient (Wildman–Crippen LogP) is 2.30. The van der Waals surface area contributed by atoms with Gasteiger partial charge in [0, 0.05) is 24.2 Å². The summed E-state index contributed by atoms with van der Waals surface area (Å²) >= 11 is 0. The summed E-state index contributed by atoms with van der Waals surface area (Å²) in [6.45, 7) is 0.397. The van der Waals surface area contributed by atoms with Gasteiger partial charge in [0.05, 0.1) is 17.0 Å². The number of amides is 2. The van der Waals surface area contributed by atoms with Crippen molar-refractivity contribution < 1.29 is 9.59 Å². The summed E-state index contributed by atoms with van der Waals surface area (Å²) in [5.41, 5.74) is 3.46. The van der Waals surface area contributed by atoms with E-state index >= 15 is 0 Å². The first-order chi connectivity index (χ1) is 11.7. The Kier molecular flexibility index (Phi) is 3.49. The molecule has 3 aromatic rings. The molecule has 0 saturated carbocycles. The monoisotopic (exact) mass is 320 g/mol. The Morgan fingerprint density at radius 3 is 2.83 bits per heavy atom. The zero-order chi connectivity index (χ0) is 16.5. The Labute approximate surface area is 138 Å². The summed E-state index contributed by atoms with van der Waals surface area (Å²) in [4.78, 5) is 31.3. The third kappa shape index (κ3) is 2.74. The number of imidazole rings is 1. The van der Waals surface area contributed by atoms with Crippen LogP contribution in [0.2, 0.25) is 0 Å². The fourth-order valence-electron chi connectivity index (χ4n) is 2.87. The van der Waals surface area contributed by atoms with Gasteiger partial charge in [0.2, 0.25) is 11.8 Å². The second kappa shape index (κ2) is 5.81. The van der Waals surface area contributed by atoms with E-state index in [1.807, 2.05) is 48.5 Å². The van der Waals surface area contributed by atoms with E-state index in [-0.39, 0.29) is 24.2 Å². The fourth-order valence-corrected chi connectivity index (χ4v) is 2.87.